The van der Waals surface area contributed by atoms with Gasteiger partial charge >= 0.3 is 5.97 Å². The van der Waals surface area contributed by atoms with Crippen LogP contribution in [0.4, 0.5) is 0 Å². The van der Waals surface area contributed by atoms with Crippen molar-refractivity contribution in [1.29, 1.82) is 0 Å². The van der Waals surface area contributed by atoms with Crippen molar-refractivity contribution in [1.82, 2.24) is 14.5 Å². The molecule has 1 saturated heterocycles. The lowest BCUT2D eigenvalue weighted by molar-refractivity contribution is 0.000109. The zero-order valence-electron chi connectivity index (χ0n) is 10.7. The van der Waals surface area contributed by atoms with E-state index in [9.17, 15) is 14.7 Å². The SMILES string of the molecule is CN1CCOCC1c1nc(C(=O)O)c(O)c(=O)n1C. The molecule has 8 heteroatoms. The molecule has 19 heavy (non-hydrogen) atoms. The Labute approximate surface area is 108 Å². The Morgan fingerprint density at radius 2 is 2.16 bits per heavy atom. The molecule has 1 aliphatic rings. The number of likely N-dealkylation sites (N-methyl/N-ethyl adjacent to an activating group) is 1. The van der Waals surface area contributed by atoms with Gasteiger partial charge in [0.1, 0.15) is 5.82 Å². The molecule has 2 heterocycles. The van der Waals surface area contributed by atoms with Gasteiger partial charge in [-0.1, -0.05) is 0 Å². The molecule has 0 bridgehead atoms. The number of ether oxygens (including phenoxy) is 1. The molecule has 1 aliphatic heterocycles. The highest BCUT2D eigenvalue weighted by molar-refractivity contribution is 5.88. The Morgan fingerprint density at radius 1 is 1.47 bits per heavy atom. The van der Waals surface area contributed by atoms with Gasteiger partial charge in [0.05, 0.1) is 19.3 Å². The summed E-state index contributed by atoms with van der Waals surface area (Å²) >= 11 is 0. The number of aromatic nitrogens is 2. The molecule has 0 amide bonds. The molecule has 0 spiro atoms. The van der Waals surface area contributed by atoms with E-state index in [1.165, 1.54) is 7.05 Å². The molecule has 1 aromatic heterocycles. The maximum atomic E-state index is 11.8. The fourth-order valence-electron chi connectivity index (χ4n) is 2.01. The summed E-state index contributed by atoms with van der Waals surface area (Å²) < 4.78 is 6.48. The highest BCUT2D eigenvalue weighted by Crippen LogP contribution is 2.21. The maximum absolute atomic E-state index is 11.8. The van der Waals surface area contributed by atoms with Gasteiger partial charge < -0.3 is 14.9 Å². The lowest BCUT2D eigenvalue weighted by Crippen LogP contribution is -2.40. The maximum Gasteiger partial charge on any atom is 0.358 e. The lowest BCUT2D eigenvalue weighted by Gasteiger charge is -2.32. The second-order valence-electron chi connectivity index (χ2n) is 4.41. The fraction of sp³-hybridized carbons (Fsp3) is 0.545. The summed E-state index contributed by atoms with van der Waals surface area (Å²) in [7, 11) is 3.28. The number of carboxylic acid groups (broad SMARTS) is 1. The summed E-state index contributed by atoms with van der Waals surface area (Å²) in [4.78, 5) is 28.6. The van der Waals surface area contributed by atoms with Gasteiger partial charge in [-0.2, -0.15) is 0 Å². The van der Waals surface area contributed by atoms with E-state index in [0.29, 0.717) is 19.8 Å². The largest absolute Gasteiger partial charge is 0.501 e. The third-order valence-corrected chi connectivity index (χ3v) is 3.20. The minimum atomic E-state index is -1.43. The summed E-state index contributed by atoms with van der Waals surface area (Å²) in [5.41, 5.74) is -1.40. The van der Waals surface area contributed by atoms with E-state index < -0.39 is 23.0 Å². The summed E-state index contributed by atoms with van der Waals surface area (Å²) in [6, 6.07) is -0.315. The van der Waals surface area contributed by atoms with Crippen molar-refractivity contribution < 1.29 is 19.7 Å². The first-order valence-corrected chi connectivity index (χ1v) is 5.74. The quantitative estimate of drug-likeness (QED) is 0.723. The molecule has 1 atom stereocenters. The van der Waals surface area contributed by atoms with Crippen LogP contribution >= 0.6 is 0 Å². The predicted molar refractivity (Wildman–Crippen MR) is 64.3 cm³/mol. The van der Waals surface area contributed by atoms with Crippen LogP contribution < -0.4 is 5.56 Å². The predicted octanol–water partition coefficient (Wildman–Crippen LogP) is -0.813. The van der Waals surface area contributed by atoms with E-state index in [0.717, 1.165) is 4.57 Å². The van der Waals surface area contributed by atoms with Crippen LogP contribution in [0.2, 0.25) is 0 Å². The monoisotopic (exact) mass is 269 g/mol. The van der Waals surface area contributed by atoms with Crippen molar-refractivity contribution in [3.8, 4) is 5.75 Å². The lowest BCUT2D eigenvalue weighted by atomic mass is 10.2. The molecule has 0 aromatic carbocycles. The molecule has 1 fully saturated rings. The number of nitrogens with zero attached hydrogens (tertiary/aromatic N) is 3. The fourth-order valence-corrected chi connectivity index (χ4v) is 2.01. The molecule has 1 aromatic rings. The van der Waals surface area contributed by atoms with E-state index in [-0.39, 0.29) is 11.9 Å². The molecule has 0 aliphatic carbocycles. The van der Waals surface area contributed by atoms with Gasteiger partial charge in [-0.15, -0.1) is 0 Å². The summed E-state index contributed by atoms with van der Waals surface area (Å²) in [5.74, 6) is -2.02. The van der Waals surface area contributed by atoms with E-state index >= 15 is 0 Å². The molecule has 0 radical (unpaired) electrons. The Morgan fingerprint density at radius 3 is 2.74 bits per heavy atom. The number of aromatic hydroxyl groups is 1. The first-order valence-electron chi connectivity index (χ1n) is 5.74. The second kappa shape index (κ2) is 4.98. The Bertz CT molecular complexity index is 568. The van der Waals surface area contributed by atoms with Gasteiger partial charge in [-0.3, -0.25) is 14.3 Å². The number of rotatable bonds is 2. The second-order valence-corrected chi connectivity index (χ2v) is 4.41. The van der Waals surface area contributed by atoms with Crippen molar-refractivity contribution in [2.45, 2.75) is 6.04 Å². The Balaban J connectivity index is 2.56. The van der Waals surface area contributed by atoms with Gasteiger partial charge in [0.15, 0.2) is 5.69 Å². The van der Waals surface area contributed by atoms with Crippen molar-refractivity contribution in [3.63, 3.8) is 0 Å². The van der Waals surface area contributed by atoms with Crippen LogP contribution in [0.15, 0.2) is 4.79 Å². The number of aromatic carboxylic acids is 1. The van der Waals surface area contributed by atoms with E-state index in [1.807, 2.05) is 11.9 Å². The number of hydrogen-bond acceptors (Lipinski definition) is 6. The normalized spacial score (nSPS) is 20.4. The number of hydrogen-bond donors (Lipinski definition) is 2. The molecular weight excluding hydrogens is 254 g/mol. The van der Waals surface area contributed by atoms with Crippen molar-refractivity contribution in [3.05, 3.63) is 21.9 Å². The minimum absolute atomic E-state index is 0.266. The van der Waals surface area contributed by atoms with Crippen molar-refractivity contribution >= 4 is 5.97 Å². The number of morpholine rings is 1. The highest BCUT2D eigenvalue weighted by Gasteiger charge is 2.28. The molecule has 2 N–H and O–H groups in total. The summed E-state index contributed by atoms with van der Waals surface area (Å²) in [5, 5.41) is 18.5. The molecule has 1 unspecified atom stereocenters. The topological polar surface area (TPSA) is 105 Å². The van der Waals surface area contributed by atoms with Gasteiger partial charge in [0, 0.05) is 13.6 Å². The third kappa shape index (κ3) is 2.32. The van der Waals surface area contributed by atoms with Crippen molar-refractivity contribution in [2.24, 2.45) is 7.05 Å². The highest BCUT2D eigenvalue weighted by atomic mass is 16.5. The van der Waals surface area contributed by atoms with Crippen LogP contribution in [0.5, 0.6) is 5.75 Å². The van der Waals surface area contributed by atoms with Crippen LogP contribution in [-0.4, -0.2) is 57.4 Å². The van der Waals surface area contributed by atoms with E-state index in [2.05, 4.69) is 4.98 Å². The third-order valence-electron chi connectivity index (χ3n) is 3.20. The van der Waals surface area contributed by atoms with Crippen LogP contribution in [-0.2, 0) is 11.8 Å². The van der Waals surface area contributed by atoms with Gasteiger partial charge in [-0.05, 0) is 7.05 Å². The van der Waals surface area contributed by atoms with Crippen LogP contribution in [0, 0.1) is 0 Å². The average molecular weight is 269 g/mol. The van der Waals surface area contributed by atoms with Gasteiger partial charge in [-0.25, -0.2) is 9.78 Å². The summed E-state index contributed by atoms with van der Waals surface area (Å²) in [6.07, 6.45) is 0. The first kappa shape index (κ1) is 13.5. The van der Waals surface area contributed by atoms with Gasteiger partial charge in [0.2, 0.25) is 5.75 Å². The molecular formula is C11H15N3O5. The number of carboxylic acids is 1. The van der Waals surface area contributed by atoms with Gasteiger partial charge in [0.25, 0.3) is 5.56 Å². The average Bonchev–Trinajstić information content (AvgIpc) is 2.37. The van der Waals surface area contributed by atoms with Crippen molar-refractivity contribution in [2.75, 3.05) is 26.8 Å². The first-order chi connectivity index (χ1) is 8.93. The Hall–Kier alpha value is -1.93. The zero-order chi connectivity index (χ0) is 14.2. The molecule has 2 rings (SSSR count). The minimum Gasteiger partial charge on any atom is -0.501 e. The van der Waals surface area contributed by atoms with Crippen LogP contribution in [0.3, 0.4) is 0 Å². The Kier molecular flexibility index (Phi) is 3.54. The molecule has 8 nitrogen and oxygen atoms in total. The molecule has 0 saturated carbocycles. The smallest absolute Gasteiger partial charge is 0.358 e. The van der Waals surface area contributed by atoms with E-state index in [1.54, 1.807) is 0 Å². The molecule has 104 valence electrons. The standard InChI is InChI=1S/C11H15N3O5/c1-13-3-4-19-5-6(13)9-12-7(11(17)18)8(15)10(16)14(9)2/h6,15H,3-5H2,1-2H3,(H,17,18). The van der Waals surface area contributed by atoms with Crippen LogP contribution in [0.25, 0.3) is 0 Å². The summed E-state index contributed by atoms with van der Waals surface area (Å²) in [6.45, 7) is 1.55. The van der Waals surface area contributed by atoms with E-state index in [4.69, 9.17) is 9.84 Å². The van der Waals surface area contributed by atoms with Crippen LogP contribution in [0.1, 0.15) is 22.4 Å². The zero-order valence-corrected chi connectivity index (χ0v) is 10.7. The number of carbonyl (C=O) groups is 1.